The van der Waals surface area contributed by atoms with Crippen LogP contribution < -0.4 is 10.6 Å². The number of urea groups is 1. The summed E-state index contributed by atoms with van der Waals surface area (Å²) in [6.45, 7) is 3.92. The zero-order chi connectivity index (χ0) is 22.6. The standard InChI is InChI=1S/C24H28N2O5/c1-17(2)14-15-25-24(30)26-22(28)16-31-23(29)13-12-21(27)20-10-8-19(9-11-20)18-6-4-3-5-7-18/h3-11,17H,12-16H2,1-2H3,(H2,25,26,28,30). The molecule has 3 amide bonds. The molecule has 2 N–H and O–H groups in total. The number of Topliss-reactive ketones (excluding diaryl/α,β-unsaturated/α-hetero) is 1. The number of carbonyl (C=O) groups excluding carboxylic acids is 4. The van der Waals surface area contributed by atoms with E-state index in [-0.39, 0.29) is 18.6 Å². The van der Waals surface area contributed by atoms with Gasteiger partial charge in [0.25, 0.3) is 5.91 Å². The highest BCUT2D eigenvalue weighted by molar-refractivity contribution is 5.98. The summed E-state index contributed by atoms with van der Waals surface area (Å²) in [6, 6.07) is 16.3. The third-order valence-electron chi connectivity index (χ3n) is 4.49. The maximum Gasteiger partial charge on any atom is 0.321 e. The van der Waals surface area contributed by atoms with Crippen molar-refractivity contribution in [3.05, 3.63) is 60.2 Å². The molecule has 0 saturated carbocycles. The monoisotopic (exact) mass is 424 g/mol. The maximum atomic E-state index is 12.3. The van der Waals surface area contributed by atoms with Gasteiger partial charge in [-0.15, -0.1) is 0 Å². The SMILES string of the molecule is CC(C)CCNC(=O)NC(=O)COC(=O)CCC(=O)c1ccc(-c2ccccc2)cc1. The zero-order valence-corrected chi connectivity index (χ0v) is 17.9. The van der Waals surface area contributed by atoms with Crippen LogP contribution in [0.5, 0.6) is 0 Å². The Labute approximate surface area is 182 Å². The summed E-state index contributed by atoms with van der Waals surface area (Å²) in [5.74, 6) is -1.16. The molecule has 0 atom stereocenters. The molecule has 0 aliphatic heterocycles. The number of benzene rings is 2. The number of nitrogens with one attached hydrogen (secondary N) is 2. The van der Waals surface area contributed by atoms with Gasteiger partial charge in [-0.3, -0.25) is 19.7 Å². The minimum Gasteiger partial charge on any atom is -0.456 e. The molecule has 0 unspecified atom stereocenters. The predicted molar refractivity (Wildman–Crippen MR) is 117 cm³/mol. The minimum atomic E-state index is -0.724. The fourth-order valence-electron chi connectivity index (χ4n) is 2.74. The van der Waals surface area contributed by atoms with Crippen LogP contribution in [0.15, 0.2) is 54.6 Å². The fraction of sp³-hybridized carbons (Fsp3) is 0.333. The highest BCUT2D eigenvalue weighted by Crippen LogP contribution is 2.20. The summed E-state index contributed by atoms with van der Waals surface area (Å²) in [7, 11) is 0. The Morgan fingerprint density at radius 3 is 2.16 bits per heavy atom. The van der Waals surface area contributed by atoms with Crippen LogP contribution in [0.1, 0.15) is 43.5 Å². The zero-order valence-electron chi connectivity index (χ0n) is 17.9. The first-order valence-electron chi connectivity index (χ1n) is 10.3. The number of carbonyl (C=O) groups is 4. The van der Waals surface area contributed by atoms with E-state index in [2.05, 4.69) is 10.6 Å². The van der Waals surface area contributed by atoms with E-state index < -0.39 is 24.5 Å². The molecule has 7 nitrogen and oxygen atoms in total. The van der Waals surface area contributed by atoms with Crippen molar-refractivity contribution in [1.29, 1.82) is 0 Å². The van der Waals surface area contributed by atoms with Crippen molar-refractivity contribution >= 4 is 23.7 Å². The molecule has 0 fully saturated rings. The van der Waals surface area contributed by atoms with Crippen molar-refractivity contribution in [2.45, 2.75) is 33.1 Å². The second kappa shape index (κ2) is 12.3. The van der Waals surface area contributed by atoms with Gasteiger partial charge in [0.2, 0.25) is 0 Å². The van der Waals surface area contributed by atoms with Crippen LogP contribution in [0.25, 0.3) is 11.1 Å². The Balaban J connectivity index is 1.69. The normalized spacial score (nSPS) is 10.4. The summed E-state index contributed by atoms with van der Waals surface area (Å²) in [5.41, 5.74) is 2.55. The highest BCUT2D eigenvalue weighted by atomic mass is 16.5. The summed E-state index contributed by atoms with van der Waals surface area (Å²) in [6.07, 6.45) is 0.619. The number of esters is 1. The van der Waals surface area contributed by atoms with E-state index >= 15 is 0 Å². The molecule has 2 aromatic carbocycles. The van der Waals surface area contributed by atoms with Gasteiger partial charge in [-0.2, -0.15) is 0 Å². The van der Waals surface area contributed by atoms with Crippen molar-refractivity contribution in [1.82, 2.24) is 10.6 Å². The van der Waals surface area contributed by atoms with E-state index in [1.165, 1.54) is 0 Å². The number of ketones is 1. The number of ether oxygens (including phenoxy) is 1. The molecular formula is C24H28N2O5. The van der Waals surface area contributed by atoms with Crippen molar-refractivity contribution < 1.29 is 23.9 Å². The Morgan fingerprint density at radius 2 is 1.52 bits per heavy atom. The van der Waals surface area contributed by atoms with E-state index in [0.717, 1.165) is 17.5 Å². The first-order chi connectivity index (χ1) is 14.8. The van der Waals surface area contributed by atoms with Crippen molar-refractivity contribution in [3.8, 4) is 11.1 Å². The molecule has 0 radical (unpaired) electrons. The Kier molecular flexibility index (Phi) is 9.42. The van der Waals surface area contributed by atoms with Gasteiger partial charge in [0.05, 0.1) is 6.42 Å². The van der Waals surface area contributed by atoms with Crippen LogP contribution in [0.2, 0.25) is 0 Å². The van der Waals surface area contributed by atoms with E-state index in [1.807, 2.05) is 56.3 Å². The van der Waals surface area contributed by atoms with E-state index in [9.17, 15) is 19.2 Å². The second-order valence-corrected chi connectivity index (χ2v) is 7.51. The first kappa shape index (κ1) is 23.8. The summed E-state index contributed by atoms with van der Waals surface area (Å²) >= 11 is 0. The maximum absolute atomic E-state index is 12.3. The van der Waals surface area contributed by atoms with Gasteiger partial charge in [-0.25, -0.2) is 4.79 Å². The van der Waals surface area contributed by atoms with Gasteiger partial charge in [-0.1, -0.05) is 68.4 Å². The number of imide groups is 1. The lowest BCUT2D eigenvalue weighted by Crippen LogP contribution is -2.42. The van der Waals surface area contributed by atoms with Crippen LogP contribution in [0.3, 0.4) is 0 Å². The molecule has 0 bridgehead atoms. The van der Waals surface area contributed by atoms with E-state index in [4.69, 9.17) is 4.74 Å². The lowest BCUT2D eigenvalue weighted by molar-refractivity contribution is -0.148. The smallest absolute Gasteiger partial charge is 0.321 e. The van der Waals surface area contributed by atoms with Gasteiger partial charge in [0, 0.05) is 18.5 Å². The molecule has 7 heteroatoms. The van der Waals surface area contributed by atoms with Crippen LogP contribution in [-0.2, 0) is 14.3 Å². The molecule has 164 valence electrons. The number of hydrogen-bond donors (Lipinski definition) is 2. The van der Waals surface area contributed by atoms with E-state index in [1.54, 1.807) is 12.1 Å². The van der Waals surface area contributed by atoms with Gasteiger partial charge < -0.3 is 10.1 Å². The minimum absolute atomic E-state index is 0.0270. The van der Waals surface area contributed by atoms with E-state index in [0.29, 0.717) is 18.0 Å². The van der Waals surface area contributed by atoms with Crippen LogP contribution >= 0.6 is 0 Å². The van der Waals surface area contributed by atoms with Crippen molar-refractivity contribution in [2.75, 3.05) is 13.2 Å². The summed E-state index contributed by atoms with van der Waals surface area (Å²) in [4.78, 5) is 47.3. The molecule has 0 aromatic heterocycles. The van der Waals surface area contributed by atoms with Crippen molar-refractivity contribution in [2.24, 2.45) is 5.92 Å². The van der Waals surface area contributed by atoms with Gasteiger partial charge in [-0.05, 0) is 23.5 Å². The average Bonchev–Trinajstić information content (AvgIpc) is 2.76. The second-order valence-electron chi connectivity index (χ2n) is 7.51. The largest absolute Gasteiger partial charge is 0.456 e. The lowest BCUT2D eigenvalue weighted by Gasteiger charge is -2.08. The molecule has 0 spiro atoms. The van der Waals surface area contributed by atoms with Crippen LogP contribution in [0.4, 0.5) is 4.79 Å². The third-order valence-corrected chi connectivity index (χ3v) is 4.49. The average molecular weight is 424 g/mol. The number of hydrogen-bond acceptors (Lipinski definition) is 5. The number of amides is 3. The summed E-state index contributed by atoms with van der Waals surface area (Å²) in [5, 5.41) is 4.63. The van der Waals surface area contributed by atoms with Crippen LogP contribution in [0, 0.1) is 5.92 Å². The molecule has 0 aliphatic carbocycles. The molecular weight excluding hydrogens is 396 g/mol. The van der Waals surface area contributed by atoms with Crippen LogP contribution in [-0.4, -0.2) is 36.8 Å². The van der Waals surface area contributed by atoms with Gasteiger partial charge >= 0.3 is 12.0 Å². The quantitative estimate of drug-likeness (QED) is 0.447. The molecule has 0 heterocycles. The van der Waals surface area contributed by atoms with Gasteiger partial charge in [0.1, 0.15) is 0 Å². The highest BCUT2D eigenvalue weighted by Gasteiger charge is 2.13. The Hall–Kier alpha value is -3.48. The molecule has 31 heavy (non-hydrogen) atoms. The Morgan fingerprint density at radius 1 is 0.871 bits per heavy atom. The third kappa shape index (κ3) is 8.82. The lowest BCUT2D eigenvalue weighted by atomic mass is 10.0. The molecule has 0 saturated heterocycles. The van der Waals surface area contributed by atoms with Gasteiger partial charge in [0.15, 0.2) is 12.4 Å². The molecule has 2 rings (SSSR count). The van der Waals surface area contributed by atoms with Crippen molar-refractivity contribution in [3.63, 3.8) is 0 Å². The molecule has 0 aliphatic rings. The number of rotatable bonds is 10. The predicted octanol–water partition coefficient (Wildman–Crippen LogP) is 3.73. The summed E-state index contributed by atoms with van der Waals surface area (Å²) < 4.78 is 4.83. The fourth-order valence-corrected chi connectivity index (χ4v) is 2.74. The first-order valence-corrected chi connectivity index (χ1v) is 10.3. The topological polar surface area (TPSA) is 102 Å². The molecule has 2 aromatic rings. The Bertz CT molecular complexity index is 892.